The molecule has 0 unspecified atom stereocenters. The molecule has 0 spiro atoms. The summed E-state index contributed by atoms with van der Waals surface area (Å²) in [5, 5.41) is 2.74. The molecule has 1 amide bonds. The van der Waals surface area contributed by atoms with Gasteiger partial charge in [0.25, 0.3) is 5.91 Å². The molecule has 0 aromatic carbocycles. The summed E-state index contributed by atoms with van der Waals surface area (Å²) in [6.07, 6.45) is -1.65. The highest BCUT2D eigenvalue weighted by molar-refractivity contribution is 5.99. The molecule has 0 aliphatic heterocycles. The van der Waals surface area contributed by atoms with Crippen molar-refractivity contribution in [2.45, 2.75) is 26.1 Å². The third-order valence-electron chi connectivity index (χ3n) is 2.55. The van der Waals surface area contributed by atoms with E-state index in [1.54, 1.807) is 20.9 Å². The number of amides is 1. The van der Waals surface area contributed by atoms with E-state index in [1.807, 2.05) is 0 Å². The summed E-state index contributed by atoms with van der Waals surface area (Å²) in [6, 6.07) is 0.854. The molecule has 0 saturated heterocycles. The molecule has 1 aromatic rings. The summed E-state index contributed by atoms with van der Waals surface area (Å²) in [5.74, 6) is -0.668. The normalized spacial score (nSPS) is 11.5. The van der Waals surface area contributed by atoms with Crippen LogP contribution in [0.5, 0.6) is 0 Å². The minimum atomic E-state index is -4.42. The molecule has 0 saturated carbocycles. The van der Waals surface area contributed by atoms with Crippen molar-refractivity contribution in [3.05, 3.63) is 24.0 Å². The Labute approximate surface area is 109 Å². The Kier molecular flexibility index (Phi) is 4.74. The monoisotopic (exact) mass is 275 g/mol. The van der Waals surface area contributed by atoms with Crippen LogP contribution in [0.15, 0.2) is 18.5 Å². The quantitative estimate of drug-likeness (QED) is 0.918. The fourth-order valence-electron chi connectivity index (χ4n) is 1.62. The average Bonchev–Trinajstić information content (AvgIpc) is 2.33. The van der Waals surface area contributed by atoms with Gasteiger partial charge in [-0.25, -0.2) is 0 Å². The Morgan fingerprint density at radius 2 is 2.11 bits per heavy atom. The molecule has 7 heteroatoms. The number of anilines is 1. The maximum Gasteiger partial charge on any atom is 0.406 e. The lowest BCUT2D eigenvalue weighted by molar-refractivity contribution is -0.143. The Hall–Kier alpha value is -1.79. The minimum Gasteiger partial charge on any atom is -0.386 e. The van der Waals surface area contributed by atoms with Crippen LogP contribution in [-0.4, -0.2) is 41.6 Å². The molecule has 1 aromatic heterocycles. The van der Waals surface area contributed by atoms with Gasteiger partial charge < -0.3 is 10.2 Å². The van der Waals surface area contributed by atoms with Crippen LogP contribution in [0.4, 0.5) is 18.9 Å². The number of aromatic nitrogens is 1. The molecule has 1 heterocycles. The first-order valence-corrected chi connectivity index (χ1v) is 5.75. The van der Waals surface area contributed by atoms with Gasteiger partial charge in [-0.2, -0.15) is 13.2 Å². The molecule has 0 fully saturated rings. The number of hydrogen-bond donors (Lipinski definition) is 1. The zero-order valence-corrected chi connectivity index (χ0v) is 11.0. The second-order valence-electron chi connectivity index (χ2n) is 4.31. The number of pyridine rings is 1. The van der Waals surface area contributed by atoms with E-state index in [0.717, 1.165) is 4.90 Å². The third-order valence-corrected chi connectivity index (χ3v) is 2.55. The predicted octanol–water partition coefficient (Wildman–Crippen LogP) is 2.54. The Balaban J connectivity index is 3.06. The highest BCUT2D eigenvalue weighted by Crippen LogP contribution is 2.22. The summed E-state index contributed by atoms with van der Waals surface area (Å²) in [4.78, 5) is 16.8. The molecule has 0 atom stereocenters. The van der Waals surface area contributed by atoms with Crippen LogP contribution >= 0.6 is 0 Å². The molecule has 1 rings (SSSR count). The number of hydrogen-bond acceptors (Lipinski definition) is 3. The molecule has 0 aliphatic carbocycles. The zero-order chi connectivity index (χ0) is 14.6. The summed E-state index contributed by atoms with van der Waals surface area (Å²) in [5.41, 5.74) is 0.579. The molecule has 19 heavy (non-hydrogen) atoms. The number of carbonyl (C=O) groups excluding carboxylic acids is 1. The molecule has 0 radical (unpaired) electrons. The number of alkyl halides is 3. The van der Waals surface area contributed by atoms with E-state index in [0.29, 0.717) is 5.69 Å². The van der Waals surface area contributed by atoms with Crippen LogP contribution in [-0.2, 0) is 0 Å². The van der Waals surface area contributed by atoms with E-state index in [4.69, 9.17) is 0 Å². The van der Waals surface area contributed by atoms with Crippen LogP contribution in [0.1, 0.15) is 24.2 Å². The van der Waals surface area contributed by atoms with Crippen molar-refractivity contribution in [3.8, 4) is 0 Å². The van der Waals surface area contributed by atoms with Crippen LogP contribution in [0.3, 0.4) is 0 Å². The van der Waals surface area contributed by atoms with Crippen LogP contribution < -0.4 is 5.32 Å². The van der Waals surface area contributed by atoms with Gasteiger partial charge in [-0.1, -0.05) is 0 Å². The molecule has 4 nitrogen and oxygen atoms in total. The van der Waals surface area contributed by atoms with Crippen molar-refractivity contribution in [1.82, 2.24) is 9.88 Å². The van der Waals surface area contributed by atoms with Crippen molar-refractivity contribution in [2.24, 2.45) is 0 Å². The number of halogens is 3. The summed E-state index contributed by atoms with van der Waals surface area (Å²) < 4.78 is 37.5. The largest absolute Gasteiger partial charge is 0.406 e. The van der Waals surface area contributed by atoms with E-state index < -0.39 is 24.7 Å². The van der Waals surface area contributed by atoms with Gasteiger partial charge >= 0.3 is 6.18 Å². The fraction of sp³-hybridized carbons (Fsp3) is 0.500. The van der Waals surface area contributed by atoms with Gasteiger partial charge in [-0.3, -0.25) is 9.78 Å². The topological polar surface area (TPSA) is 45.2 Å². The average molecular weight is 275 g/mol. The highest BCUT2D eigenvalue weighted by Gasteiger charge is 2.35. The fourth-order valence-corrected chi connectivity index (χ4v) is 1.62. The molecule has 106 valence electrons. The highest BCUT2D eigenvalue weighted by atomic mass is 19.4. The summed E-state index contributed by atoms with van der Waals surface area (Å²) >= 11 is 0. The maximum absolute atomic E-state index is 12.5. The van der Waals surface area contributed by atoms with Gasteiger partial charge in [-0.05, 0) is 19.9 Å². The van der Waals surface area contributed by atoms with Gasteiger partial charge in [0.15, 0.2) is 0 Å². The Morgan fingerprint density at radius 3 is 2.58 bits per heavy atom. The Morgan fingerprint density at radius 1 is 1.47 bits per heavy atom. The second kappa shape index (κ2) is 5.90. The van der Waals surface area contributed by atoms with Crippen molar-refractivity contribution in [1.29, 1.82) is 0 Å². The summed E-state index contributed by atoms with van der Waals surface area (Å²) in [6.45, 7) is 1.82. The number of nitrogens with one attached hydrogen (secondary N) is 1. The molecule has 1 N–H and O–H groups in total. The SMILES string of the molecule is CNc1cnccc1C(=O)N(CC(F)(F)F)C(C)C. The minimum absolute atomic E-state index is 0.176. The molecule has 0 bridgehead atoms. The lowest BCUT2D eigenvalue weighted by atomic mass is 10.1. The molecule has 0 aliphatic rings. The standard InChI is InChI=1S/C12H16F3N3O/c1-8(2)18(7-12(13,14)15)11(19)9-4-5-17-6-10(9)16-3/h4-6,8,16H,7H2,1-3H3. The molecular formula is C12H16F3N3O. The predicted molar refractivity (Wildman–Crippen MR) is 66.0 cm³/mol. The van der Waals surface area contributed by atoms with Crippen molar-refractivity contribution in [2.75, 3.05) is 18.9 Å². The number of nitrogens with zero attached hydrogens (tertiary/aromatic N) is 2. The van der Waals surface area contributed by atoms with E-state index in [1.165, 1.54) is 18.5 Å². The van der Waals surface area contributed by atoms with E-state index in [-0.39, 0.29) is 5.56 Å². The van der Waals surface area contributed by atoms with E-state index in [9.17, 15) is 18.0 Å². The lowest BCUT2D eigenvalue weighted by Gasteiger charge is -2.28. The second-order valence-corrected chi connectivity index (χ2v) is 4.31. The first kappa shape index (κ1) is 15.3. The summed E-state index contributed by atoms with van der Waals surface area (Å²) in [7, 11) is 1.58. The van der Waals surface area contributed by atoms with E-state index >= 15 is 0 Å². The van der Waals surface area contributed by atoms with Crippen molar-refractivity contribution >= 4 is 11.6 Å². The zero-order valence-electron chi connectivity index (χ0n) is 11.0. The molecular weight excluding hydrogens is 259 g/mol. The first-order valence-electron chi connectivity index (χ1n) is 5.75. The van der Waals surface area contributed by atoms with Crippen LogP contribution in [0.25, 0.3) is 0 Å². The van der Waals surface area contributed by atoms with Crippen LogP contribution in [0, 0.1) is 0 Å². The van der Waals surface area contributed by atoms with Crippen molar-refractivity contribution < 1.29 is 18.0 Å². The first-order chi connectivity index (χ1) is 8.76. The Bertz CT molecular complexity index is 446. The van der Waals surface area contributed by atoms with Crippen molar-refractivity contribution in [3.63, 3.8) is 0 Å². The maximum atomic E-state index is 12.5. The smallest absolute Gasteiger partial charge is 0.386 e. The van der Waals surface area contributed by atoms with Gasteiger partial charge in [-0.15, -0.1) is 0 Å². The van der Waals surface area contributed by atoms with Gasteiger partial charge in [0, 0.05) is 19.3 Å². The van der Waals surface area contributed by atoms with Gasteiger partial charge in [0.2, 0.25) is 0 Å². The van der Waals surface area contributed by atoms with E-state index in [2.05, 4.69) is 10.3 Å². The number of carbonyl (C=O) groups is 1. The lowest BCUT2D eigenvalue weighted by Crippen LogP contribution is -2.43. The third kappa shape index (κ3) is 4.11. The van der Waals surface area contributed by atoms with Gasteiger partial charge in [0.1, 0.15) is 6.54 Å². The van der Waals surface area contributed by atoms with Gasteiger partial charge in [0.05, 0.1) is 17.4 Å². The number of rotatable bonds is 4. The van der Waals surface area contributed by atoms with Crippen LogP contribution in [0.2, 0.25) is 0 Å².